The standard InChI is InChI=1S/C9H14/c1-2-6-7(3-1)9-5-4-8(6)9/h6-9H,1-5H2/t6?,7?,8-,9?/m0/s1. The van der Waals surface area contributed by atoms with Gasteiger partial charge in [-0.2, -0.15) is 0 Å². The third-order valence-electron chi connectivity index (χ3n) is 4.11. The van der Waals surface area contributed by atoms with Gasteiger partial charge in [0.05, 0.1) is 0 Å². The van der Waals surface area contributed by atoms with E-state index >= 15 is 0 Å². The second kappa shape index (κ2) is 1.36. The van der Waals surface area contributed by atoms with Crippen LogP contribution in [-0.2, 0) is 0 Å². The second-order valence-electron chi connectivity index (χ2n) is 4.16. The summed E-state index contributed by atoms with van der Waals surface area (Å²) in [7, 11) is 0. The molecular weight excluding hydrogens is 108 g/mol. The average Bonchev–Trinajstić information content (AvgIpc) is 2.13. The lowest BCUT2D eigenvalue weighted by Gasteiger charge is -2.57. The van der Waals surface area contributed by atoms with Crippen LogP contribution in [0.25, 0.3) is 0 Å². The first kappa shape index (κ1) is 4.76. The highest BCUT2D eigenvalue weighted by molar-refractivity contribution is 5.05. The topological polar surface area (TPSA) is 0 Å². The maximum atomic E-state index is 1.59. The quantitative estimate of drug-likeness (QED) is 0.463. The molecule has 3 saturated carbocycles. The number of hydrogen-bond donors (Lipinski definition) is 0. The molecule has 0 aromatic heterocycles. The van der Waals surface area contributed by atoms with Gasteiger partial charge < -0.3 is 0 Å². The summed E-state index contributed by atoms with van der Waals surface area (Å²) in [6, 6.07) is 0. The highest BCUT2D eigenvalue weighted by Crippen LogP contribution is 2.64. The van der Waals surface area contributed by atoms with Crippen molar-refractivity contribution in [3.8, 4) is 0 Å². The Hall–Kier alpha value is 0. The predicted octanol–water partition coefficient (Wildman–Crippen LogP) is 2.44. The molecule has 3 aliphatic rings. The Kier molecular flexibility index (Phi) is 0.717. The van der Waals surface area contributed by atoms with Crippen molar-refractivity contribution >= 4 is 0 Å². The Labute approximate surface area is 56.6 Å². The van der Waals surface area contributed by atoms with Crippen LogP contribution in [-0.4, -0.2) is 0 Å². The molecule has 0 heterocycles. The third-order valence-corrected chi connectivity index (χ3v) is 4.11. The van der Waals surface area contributed by atoms with E-state index in [9.17, 15) is 0 Å². The van der Waals surface area contributed by atoms with Crippen LogP contribution in [0.3, 0.4) is 0 Å². The van der Waals surface area contributed by atoms with Crippen molar-refractivity contribution in [3.05, 3.63) is 0 Å². The summed E-state index contributed by atoms with van der Waals surface area (Å²) in [5, 5.41) is 0. The molecule has 0 aliphatic heterocycles. The largest absolute Gasteiger partial charge is 0.0527 e. The summed E-state index contributed by atoms with van der Waals surface area (Å²) >= 11 is 0. The van der Waals surface area contributed by atoms with Crippen LogP contribution in [0.2, 0.25) is 0 Å². The van der Waals surface area contributed by atoms with Crippen LogP contribution in [0.5, 0.6) is 0 Å². The van der Waals surface area contributed by atoms with Crippen LogP contribution in [0.15, 0.2) is 0 Å². The third kappa shape index (κ3) is 0.395. The van der Waals surface area contributed by atoms with Crippen molar-refractivity contribution in [2.45, 2.75) is 32.1 Å². The Bertz CT molecular complexity index is 123. The molecule has 4 atom stereocenters. The number of hydrogen-bond acceptors (Lipinski definition) is 0. The molecule has 0 aromatic carbocycles. The zero-order chi connectivity index (χ0) is 5.84. The minimum Gasteiger partial charge on any atom is -0.0527 e. The highest BCUT2D eigenvalue weighted by Gasteiger charge is 2.56. The first-order valence-electron chi connectivity index (χ1n) is 4.47. The second-order valence-corrected chi connectivity index (χ2v) is 4.16. The van der Waals surface area contributed by atoms with E-state index in [1.807, 2.05) is 0 Å². The summed E-state index contributed by atoms with van der Waals surface area (Å²) in [6.07, 6.45) is 7.91. The number of rotatable bonds is 0. The van der Waals surface area contributed by atoms with Gasteiger partial charge in [0.1, 0.15) is 0 Å². The summed E-state index contributed by atoms with van der Waals surface area (Å²) in [6.45, 7) is 0. The first-order valence-corrected chi connectivity index (χ1v) is 4.47. The van der Waals surface area contributed by atoms with Crippen LogP contribution >= 0.6 is 0 Å². The Balaban J connectivity index is 1.85. The smallest absolute Gasteiger partial charge is 0.0352 e. The van der Waals surface area contributed by atoms with Gasteiger partial charge in [0.25, 0.3) is 0 Å². The SMILES string of the molecule is C1CC2C(C1)[C@@H]1CCC21. The van der Waals surface area contributed by atoms with Crippen LogP contribution < -0.4 is 0 Å². The average molecular weight is 122 g/mol. The molecule has 0 radical (unpaired) electrons. The molecule has 3 aliphatic carbocycles. The van der Waals surface area contributed by atoms with Gasteiger partial charge in [0.15, 0.2) is 0 Å². The molecule has 0 amide bonds. The van der Waals surface area contributed by atoms with Gasteiger partial charge in [-0.3, -0.25) is 0 Å². The van der Waals surface area contributed by atoms with Gasteiger partial charge in [-0.1, -0.05) is 6.42 Å². The summed E-state index contributed by atoms with van der Waals surface area (Å²) in [4.78, 5) is 0. The molecule has 3 unspecified atom stereocenters. The van der Waals surface area contributed by atoms with Gasteiger partial charge in [0.2, 0.25) is 0 Å². The lowest BCUT2D eigenvalue weighted by molar-refractivity contribution is -0.0815. The lowest BCUT2D eigenvalue weighted by Crippen LogP contribution is -2.50. The van der Waals surface area contributed by atoms with E-state index in [-0.39, 0.29) is 0 Å². The molecule has 0 nitrogen and oxygen atoms in total. The van der Waals surface area contributed by atoms with E-state index in [0.29, 0.717) is 0 Å². The van der Waals surface area contributed by atoms with E-state index in [1.54, 1.807) is 32.1 Å². The predicted molar refractivity (Wildman–Crippen MR) is 37.0 cm³/mol. The zero-order valence-corrected chi connectivity index (χ0v) is 5.84. The van der Waals surface area contributed by atoms with Crippen LogP contribution in [0, 0.1) is 23.7 Å². The lowest BCUT2D eigenvalue weighted by atomic mass is 9.48. The van der Waals surface area contributed by atoms with Crippen LogP contribution in [0.1, 0.15) is 32.1 Å². The minimum atomic E-state index is 1.23. The van der Waals surface area contributed by atoms with Crippen LogP contribution in [0.4, 0.5) is 0 Å². The molecule has 0 saturated heterocycles. The van der Waals surface area contributed by atoms with Gasteiger partial charge in [-0.15, -0.1) is 0 Å². The molecule has 0 heteroatoms. The van der Waals surface area contributed by atoms with E-state index in [2.05, 4.69) is 0 Å². The fourth-order valence-corrected chi connectivity index (χ4v) is 3.55. The maximum Gasteiger partial charge on any atom is -0.0352 e. The maximum absolute atomic E-state index is 1.59. The van der Waals surface area contributed by atoms with Crippen molar-refractivity contribution in [1.82, 2.24) is 0 Å². The monoisotopic (exact) mass is 122 g/mol. The van der Waals surface area contributed by atoms with E-state index < -0.39 is 0 Å². The van der Waals surface area contributed by atoms with Crippen molar-refractivity contribution in [2.75, 3.05) is 0 Å². The normalized spacial score (nSPS) is 61.3. The van der Waals surface area contributed by atoms with E-state index in [0.717, 1.165) is 0 Å². The zero-order valence-electron chi connectivity index (χ0n) is 5.84. The summed E-state index contributed by atoms with van der Waals surface area (Å²) in [5.74, 6) is 4.92. The fourth-order valence-electron chi connectivity index (χ4n) is 3.55. The Morgan fingerprint density at radius 2 is 1.00 bits per heavy atom. The molecule has 9 heavy (non-hydrogen) atoms. The van der Waals surface area contributed by atoms with Gasteiger partial charge in [0, 0.05) is 0 Å². The number of fused-ring (bicyclic) bond motifs is 4. The minimum absolute atomic E-state index is 1.23. The fraction of sp³-hybridized carbons (Fsp3) is 1.00. The van der Waals surface area contributed by atoms with E-state index in [4.69, 9.17) is 0 Å². The Morgan fingerprint density at radius 1 is 0.556 bits per heavy atom. The van der Waals surface area contributed by atoms with Gasteiger partial charge in [-0.05, 0) is 49.4 Å². The highest BCUT2D eigenvalue weighted by atomic mass is 14.6. The Morgan fingerprint density at radius 3 is 1.44 bits per heavy atom. The van der Waals surface area contributed by atoms with Crippen molar-refractivity contribution < 1.29 is 0 Å². The molecule has 3 rings (SSSR count). The molecule has 0 spiro atoms. The van der Waals surface area contributed by atoms with Crippen molar-refractivity contribution in [2.24, 2.45) is 23.7 Å². The molecule has 0 bridgehead atoms. The molecule has 3 fully saturated rings. The van der Waals surface area contributed by atoms with E-state index in [1.165, 1.54) is 23.7 Å². The summed E-state index contributed by atoms with van der Waals surface area (Å²) < 4.78 is 0. The molecule has 50 valence electrons. The van der Waals surface area contributed by atoms with Crippen molar-refractivity contribution in [1.29, 1.82) is 0 Å². The first-order chi connectivity index (χ1) is 4.47. The van der Waals surface area contributed by atoms with Gasteiger partial charge in [-0.25, -0.2) is 0 Å². The van der Waals surface area contributed by atoms with Crippen molar-refractivity contribution in [3.63, 3.8) is 0 Å². The van der Waals surface area contributed by atoms with Gasteiger partial charge >= 0.3 is 0 Å². The molecule has 0 N–H and O–H groups in total. The summed E-state index contributed by atoms with van der Waals surface area (Å²) in [5.41, 5.74) is 0. The molecular formula is C9H14. The molecule has 0 aromatic rings.